The molecular weight excluding hydrogens is 344 g/mol. The number of rotatable bonds is 3. The highest BCUT2D eigenvalue weighted by Crippen LogP contribution is 2.23. The van der Waals surface area contributed by atoms with E-state index in [9.17, 15) is 18.4 Å². The maximum absolute atomic E-state index is 13.4. The van der Waals surface area contributed by atoms with E-state index in [0.717, 1.165) is 12.1 Å². The van der Waals surface area contributed by atoms with E-state index in [4.69, 9.17) is 5.73 Å². The standard InChI is InChI=1S/C10H8BrF2N3O2S/c11-4-1-5(12)8(6(13)2-4)16-10(18)9(17)15-3-7(14)19/h1-2H,3H2,(H2,14,19)(H,15,17)(H,16,18). The monoisotopic (exact) mass is 351 g/mol. The summed E-state index contributed by atoms with van der Waals surface area (Å²) in [6.45, 7) is -0.188. The Morgan fingerprint density at radius 1 is 1.26 bits per heavy atom. The Kier molecular flexibility index (Phi) is 5.31. The molecule has 0 aliphatic rings. The highest BCUT2D eigenvalue weighted by Gasteiger charge is 2.18. The smallest absolute Gasteiger partial charge is 0.313 e. The second-order valence-corrected chi connectivity index (χ2v) is 4.79. The molecule has 1 aromatic rings. The second-order valence-electron chi connectivity index (χ2n) is 3.35. The molecule has 0 saturated carbocycles. The molecule has 0 aliphatic carbocycles. The van der Waals surface area contributed by atoms with Crippen molar-refractivity contribution in [3.05, 3.63) is 28.2 Å². The lowest BCUT2D eigenvalue weighted by Crippen LogP contribution is -2.39. The van der Waals surface area contributed by atoms with E-state index in [2.05, 4.69) is 33.5 Å². The molecule has 0 aromatic heterocycles. The van der Waals surface area contributed by atoms with E-state index in [1.807, 2.05) is 5.32 Å². The van der Waals surface area contributed by atoms with Crippen LogP contribution in [0.25, 0.3) is 0 Å². The maximum atomic E-state index is 13.4. The van der Waals surface area contributed by atoms with E-state index in [0.29, 0.717) is 0 Å². The van der Waals surface area contributed by atoms with Gasteiger partial charge >= 0.3 is 11.8 Å². The van der Waals surface area contributed by atoms with Crippen molar-refractivity contribution in [2.24, 2.45) is 5.73 Å². The van der Waals surface area contributed by atoms with Crippen LogP contribution in [0.2, 0.25) is 0 Å². The molecular formula is C10H8BrF2N3O2S. The summed E-state index contributed by atoms with van der Waals surface area (Å²) in [5.74, 6) is -4.35. The number of carbonyl (C=O) groups excluding carboxylic acids is 2. The highest BCUT2D eigenvalue weighted by atomic mass is 79.9. The third-order valence-corrected chi connectivity index (χ3v) is 2.48. The molecule has 0 atom stereocenters. The molecule has 0 spiro atoms. The minimum absolute atomic E-state index is 0.0258. The number of thiocarbonyl (C=S) groups is 1. The largest absolute Gasteiger partial charge is 0.392 e. The number of carbonyl (C=O) groups is 2. The zero-order chi connectivity index (χ0) is 14.6. The Bertz CT molecular complexity index is 531. The first-order chi connectivity index (χ1) is 8.81. The van der Waals surface area contributed by atoms with Gasteiger partial charge in [0.05, 0.1) is 11.5 Å². The van der Waals surface area contributed by atoms with Gasteiger partial charge in [-0.15, -0.1) is 0 Å². The maximum Gasteiger partial charge on any atom is 0.313 e. The van der Waals surface area contributed by atoms with Crippen LogP contribution in [-0.2, 0) is 9.59 Å². The third-order valence-electron chi connectivity index (χ3n) is 1.87. The summed E-state index contributed by atoms with van der Waals surface area (Å²) in [6.07, 6.45) is 0. The van der Waals surface area contributed by atoms with E-state index in [1.54, 1.807) is 0 Å². The van der Waals surface area contributed by atoms with Crippen LogP contribution < -0.4 is 16.4 Å². The molecule has 19 heavy (non-hydrogen) atoms. The van der Waals surface area contributed by atoms with E-state index < -0.39 is 29.1 Å². The fraction of sp³-hybridized carbons (Fsp3) is 0.100. The van der Waals surface area contributed by atoms with Gasteiger partial charge in [0.25, 0.3) is 0 Å². The van der Waals surface area contributed by atoms with Crippen molar-refractivity contribution in [2.45, 2.75) is 0 Å². The molecule has 2 amide bonds. The van der Waals surface area contributed by atoms with Crippen molar-refractivity contribution in [2.75, 3.05) is 11.9 Å². The lowest BCUT2D eigenvalue weighted by atomic mass is 10.3. The predicted molar refractivity (Wildman–Crippen MR) is 72.5 cm³/mol. The number of halogens is 3. The summed E-state index contributed by atoms with van der Waals surface area (Å²) in [4.78, 5) is 22.6. The Labute approximate surface area is 120 Å². The normalized spacial score (nSPS) is 9.84. The predicted octanol–water partition coefficient (Wildman–Crippen LogP) is 1.07. The molecule has 102 valence electrons. The van der Waals surface area contributed by atoms with Crippen LogP contribution in [0.15, 0.2) is 16.6 Å². The minimum Gasteiger partial charge on any atom is -0.392 e. The first-order valence-corrected chi connectivity index (χ1v) is 6.03. The van der Waals surface area contributed by atoms with Gasteiger partial charge in [0.1, 0.15) is 5.69 Å². The van der Waals surface area contributed by atoms with Gasteiger partial charge in [0.2, 0.25) is 0 Å². The molecule has 0 bridgehead atoms. The van der Waals surface area contributed by atoms with E-state index in [1.165, 1.54) is 0 Å². The Hall–Kier alpha value is -1.61. The number of hydrogen-bond donors (Lipinski definition) is 3. The highest BCUT2D eigenvalue weighted by molar-refractivity contribution is 9.10. The second kappa shape index (κ2) is 6.53. The van der Waals surface area contributed by atoms with Crippen molar-refractivity contribution in [1.82, 2.24) is 5.32 Å². The van der Waals surface area contributed by atoms with Crippen LogP contribution >= 0.6 is 28.1 Å². The van der Waals surface area contributed by atoms with Crippen molar-refractivity contribution in [3.8, 4) is 0 Å². The Morgan fingerprint density at radius 2 is 1.79 bits per heavy atom. The first-order valence-electron chi connectivity index (χ1n) is 4.83. The van der Waals surface area contributed by atoms with Gasteiger partial charge in [-0.25, -0.2) is 8.78 Å². The molecule has 1 rings (SSSR count). The lowest BCUT2D eigenvalue weighted by Gasteiger charge is -2.08. The number of nitrogens with one attached hydrogen (secondary N) is 2. The fourth-order valence-electron chi connectivity index (χ4n) is 1.08. The average molecular weight is 352 g/mol. The van der Waals surface area contributed by atoms with Crippen molar-refractivity contribution < 1.29 is 18.4 Å². The third kappa shape index (κ3) is 4.52. The van der Waals surface area contributed by atoms with Crippen LogP contribution in [0.4, 0.5) is 14.5 Å². The quantitative estimate of drug-likeness (QED) is 0.561. The van der Waals surface area contributed by atoms with Crippen molar-refractivity contribution >= 4 is 50.6 Å². The van der Waals surface area contributed by atoms with Gasteiger partial charge in [-0.1, -0.05) is 28.1 Å². The zero-order valence-electron chi connectivity index (χ0n) is 9.30. The van der Waals surface area contributed by atoms with Crippen LogP contribution in [-0.4, -0.2) is 23.3 Å². The summed E-state index contributed by atoms with van der Waals surface area (Å²) in [5.41, 5.74) is 4.41. The number of anilines is 1. The molecule has 0 fully saturated rings. The zero-order valence-corrected chi connectivity index (χ0v) is 11.7. The van der Waals surface area contributed by atoms with Gasteiger partial charge in [-0.3, -0.25) is 9.59 Å². The molecule has 1 aromatic carbocycles. The number of amides is 2. The number of nitrogens with two attached hydrogens (primary N) is 1. The minimum atomic E-state index is -1.23. The molecule has 5 nitrogen and oxygen atoms in total. The van der Waals surface area contributed by atoms with Crippen LogP contribution in [0.3, 0.4) is 0 Å². The molecule has 0 aliphatic heterocycles. The number of hydrogen-bond acceptors (Lipinski definition) is 3. The van der Waals surface area contributed by atoms with E-state index in [-0.39, 0.29) is 16.0 Å². The summed E-state index contributed by atoms with van der Waals surface area (Å²) in [7, 11) is 0. The van der Waals surface area contributed by atoms with Gasteiger partial charge in [0.15, 0.2) is 11.6 Å². The van der Waals surface area contributed by atoms with Gasteiger partial charge in [-0.05, 0) is 12.1 Å². The Morgan fingerprint density at radius 3 is 2.26 bits per heavy atom. The van der Waals surface area contributed by atoms with Crippen LogP contribution in [0.5, 0.6) is 0 Å². The topological polar surface area (TPSA) is 84.2 Å². The van der Waals surface area contributed by atoms with E-state index >= 15 is 0 Å². The lowest BCUT2D eigenvalue weighted by molar-refractivity contribution is -0.136. The van der Waals surface area contributed by atoms with Crippen LogP contribution in [0, 0.1) is 11.6 Å². The fourth-order valence-corrected chi connectivity index (χ4v) is 1.55. The molecule has 0 saturated heterocycles. The summed E-state index contributed by atoms with van der Waals surface area (Å²) >= 11 is 7.38. The van der Waals surface area contributed by atoms with Crippen LogP contribution in [0.1, 0.15) is 0 Å². The molecule has 0 heterocycles. The number of benzene rings is 1. The molecule has 0 radical (unpaired) electrons. The van der Waals surface area contributed by atoms with Gasteiger partial charge in [-0.2, -0.15) is 0 Å². The average Bonchev–Trinajstić information content (AvgIpc) is 2.30. The Balaban J connectivity index is 2.77. The molecule has 9 heteroatoms. The molecule has 0 unspecified atom stereocenters. The SMILES string of the molecule is NC(=S)CNC(=O)C(=O)Nc1c(F)cc(Br)cc1F. The summed E-state index contributed by atoms with van der Waals surface area (Å²) in [5, 5.41) is 3.90. The summed E-state index contributed by atoms with van der Waals surface area (Å²) < 4.78 is 26.9. The first kappa shape index (κ1) is 15.4. The van der Waals surface area contributed by atoms with Crippen molar-refractivity contribution in [3.63, 3.8) is 0 Å². The van der Waals surface area contributed by atoms with Crippen molar-refractivity contribution in [1.29, 1.82) is 0 Å². The van der Waals surface area contributed by atoms with Gasteiger partial charge in [0, 0.05) is 4.47 Å². The summed E-state index contributed by atoms with van der Waals surface area (Å²) in [6, 6.07) is 1.90. The van der Waals surface area contributed by atoms with Gasteiger partial charge < -0.3 is 16.4 Å². The molecule has 4 N–H and O–H groups in total.